The minimum absolute atomic E-state index is 0.133. The van der Waals surface area contributed by atoms with Crippen molar-refractivity contribution in [1.29, 1.82) is 0 Å². The summed E-state index contributed by atoms with van der Waals surface area (Å²) in [5, 5.41) is 12.9. The first-order valence-corrected chi connectivity index (χ1v) is 12.0. The van der Waals surface area contributed by atoms with Crippen LogP contribution in [0.2, 0.25) is 0 Å². The molecule has 0 radical (unpaired) electrons. The highest BCUT2D eigenvalue weighted by atomic mass is 16.2. The van der Waals surface area contributed by atoms with Gasteiger partial charge in [0, 0.05) is 42.9 Å². The second-order valence-corrected chi connectivity index (χ2v) is 9.30. The summed E-state index contributed by atoms with van der Waals surface area (Å²) in [6, 6.07) is 8.77. The molecule has 9 heteroatoms. The van der Waals surface area contributed by atoms with Gasteiger partial charge in [-0.15, -0.1) is 0 Å². The zero-order valence-electron chi connectivity index (χ0n) is 21.4. The lowest BCUT2D eigenvalue weighted by molar-refractivity contribution is 0.0939. The Morgan fingerprint density at radius 1 is 1.14 bits per heavy atom. The maximum absolute atomic E-state index is 13.8. The number of aryl methyl sites for hydroxylation is 2. The molecule has 4 heterocycles. The average Bonchev–Trinajstić information content (AvgIpc) is 3.43. The van der Waals surface area contributed by atoms with E-state index < -0.39 is 6.04 Å². The van der Waals surface area contributed by atoms with Crippen molar-refractivity contribution in [2.24, 2.45) is 7.05 Å². The van der Waals surface area contributed by atoms with E-state index in [1.807, 2.05) is 58.3 Å². The lowest BCUT2D eigenvalue weighted by atomic mass is 10.0. The Balaban J connectivity index is 1.57. The molecule has 0 spiro atoms. The highest BCUT2D eigenvalue weighted by Gasteiger charge is 2.23. The van der Waals surface area contributed by atoms with Crippen molar-refractivity contribution < 1.29 is 4.79 Å². The molecule has 0 fully saturated rings. The van der Waals surface area contributed by atoms with Crippen LogP contribution in [0.4, 0.5) is 0 Å². The Kier molecular flexibility index (Phi) is 6.09. The number of benzene rings is 1. The summed E-state index contributed by atoms with van der Waals surface area (Å²) in [4.78, 5) is 31.5. The minimum Gasteiger partial charge on any atom is -0.344 e. The minimum atomic E-state index is -0.449. The average molecular weight is 494 g/mol. The number of amides is 1. The molecule has 5 aromatic rings. The Bertz CT molecular complexity index is 1780. The van der Waals surface area contributed by atoms with E-state index in [0.717, 1.165) is 10.9 Å². The highest BCUT2D eigenvalue weighted by Crippen LogP contribution is 2.24. The van der Waals surface area contributed by atoms with Crippen molar-refractivity contribution in [3.63, 3.8) is 0 Å². The molecule has 37 heavy (non-hydrogen) atoms. The zero-order valence-corrected chi connectivity index (χ0v) is 21.4. The van der Waals surface area contributed by atoms with E-state index in [9.17, 15) is 9.59 Å². The SMILES string of the molecule is Cc1nn2cccnc2c1C(=O)N[C@H](C)c1cc2cccc(C#Cc3cnn(C)c3)c2c(=O)n1C(C)C. The van der Waals surface area contributed by atoms with Gasteiger partial charge in [-0.1, -0.05) is 24.0 Å². The molecule has 0 aliphatic carbocycles. The third kappa shape index (κ3) is 4.38. The van der Waals surface area contributed by atoms with E-state index in [-0.39, 0.29) is 17.5 Å². The van der Waals surface area contributed by atoms with E-state index in [4.69, 9.17) is 0 Å². The first-order chi connectivity index (χ1) is 17.7. The van der Waals surface area contributed by atoms with E-state index in [1.54, 1.807) is 45.3 Å². The first kappa shape index (κ1) is 24.0. The van der Waals surface area contributed by atoms with Crippen LogP contribution < -0.4 is 10.9 Å². The smallest absolute Gasteiger partial charge is 0.260 e. The molecule has 0 saturated carbocycles. The molecular formula is C28H27N7O2. The second-order valence-electron chi connectivity index (χ2n) is 9.30. The molecule has 1 aromatic carbocycles. The van der Waals surface area contributed by atoms with Gasteiger partial charge in [-0.3, -0.25) is 14.3 Å². The Morgan fingerprint density at radius 2 is 1.95 bits per heavy atom. The van der Waals surface area contributed by atoms with Crippen molar-refractivity contribution in [1.82, 2.24) is 34.3 Å². The molecule has 1 amide bonds. The van der Waals surface area contributed by atoms with Crippen LogP contribution in [0.1, 0.15) is 65.7 Å². The molecule has 0 saturated heterocycles. The predicted molar refractivity (Wildman–Crippen MR) is 141 cm³/mol. The van der Waals surface area contributed by atoms with Crippen LogP contribution in [0.5, 0.6) is 0 Å². The van der Waals surface area contributed by atoms with Crippen LogP contribution in [0, 0.1) is 18.8 Å². The molecule has 9 nitrogen and oxygen atoms in total. The van der Waals surface area contributed by atoms with Crippen LogP contribution in [0.3, 0.4) is 0 Å². The monoisotopic (exact) mass is 493 g/mol. The van der Waals surface area contributed by atoms with Crippen LogP contribution >= 0.6 is 0 Å². The number of rotatable bonds is 4. The molecule has 0 aliphatic rings. The van der Waals surface area contributed by atoms with Gasteiger partial charge in [0.15, 0.2) is 5.65 Å². The first-order valence-electron chi connectivity index (χ1n) is 12.0. The third-order valence-corrected chi connectivity index (χ3v) is 6.26. The molecule has 186 valence electrons. The summed E-state index contributed by atoms with van der Waals surface area (Å²) in [5.74, 6) is 5.95. The summed E-state index contributed by atoms with van der Waals surface area (Å²) in [5.41, 5.74) is 3.47. The van der Waals surface area contributed by atoms with Crippen molar-refractivity contribution in [3.8, 4) is 11.8 Å². The molecule has 0 unspecified atom stereocenters. The standard InChI is InChI=1S/C28H27N7O2/c1-17(2)35-23(18(3)31-27(36)24-19(4)32-34-13-7-12-29-26(24)34)14-22-9-6-8-21(25(22)28(35)37)11-10-20-15-30-33(5)16-20/h6-9,12-18H,1-5H3,(H,31,36)/t18-/m1/s1. The number of nitrogens with one attached hydrogen (secondary N) is 1. The molecule has 1 atom stereocenters. The fourth-order valence-electron chi connectivity index (χ4n) is 4.60. The quantitative estimate of drug-likeness (QED) is 0.386. The van der Waals surface area contributed by atoms with Gasteiger partial charge in [0.05, 0.1) is 28.9 Å². The highest BCUT2D eigenvalue weighted by molar-refractivity contribution is 6.01. The lowest BCUT2D eigenvalue weighted by Gasteiger charge is -2.23. The largest absolute Gasteiger partial charge is 0.344 e. The number of fused-ring (bicyclic) bond motifs is 2. The van der Waals surface area contributed by atoms with Gasteiger partial charge >= 0.3 is 0 Å². The number of hydrogen-bond acceptors (Lipinski definition) is 5. The van der Waals surface area contributed by atoms with E-state index in [1.165, 1.54) is 0 Å². The molecular weight excluding hydrogens is 466 g/mol. The van der Waals surface area contributed by atoms with E-state index in [0.29, 0.717) is 33.5 Å². The van der Waals surface area contributed by atoms with Crippen LogP contribution in [-0.4, -0.2) is 34.9 Å². The van der Waals surface area contributed by atoms with Gasteiger partial charge in [0.1, 0.15) is 5.56 Å². The Hall–Kier alpha value is -4.71. The van der Waals surface area contributed by atoms with Crippen LogP contribution in [0.25, 0.3) is 16.4 Å². The van der Waals surface area contributed by atoms with Crippen molar-refractivity contribution in [2.75, 3.05) is 0 Å². The number of pyridine rings is 1. The molecule has 1 N–H and O–H groups in total. The van der Waals surface area contributed by atoms with Gasteiger partial charge in [0.25, 0.3) is 11.5 Å². The Labute approximate surface area is 213 Å². The summed E-state index contributed by atoms with van der Waals surface area (Å²) in [7, 11) is 1.83. The summed E-state index contributed by atoms with van der Waals surface area (Å²) in [6.45, 7) is 7.56. The van der Waals surface area contributed by atoms with Crippen LogP contribution in [0.15, 0.2) is 59.9 Å². The normalized spacial score (nSPS) is 12.1. The summed E-state index contributed by atoms with van der Waals surface area (Å²) < 4.78 is 5.00. The van der Waals surface area contributed by atoms with E-state index >= 15 is 0 Å². The molecule has 4 aromatic heterocycles. The molecule has 0 aliphatic heterocycles. The zero-order chi connectivity index (χ0) is 26.3. The van der Waals surface area contributed by atoms with Gasteiger partial charge in [0.2, 0.25) is 0 Å². The third-order valence-electron chi connectivity index (χ3n) is 6.26. The van der Waals surface area contributed by atoms with Gasteiger partial charge in [-0.25, -0.2) is 9.50 Å². The van der Waals surface area contributed by atoms with E-state index in [2.05, 4.69) is 32.3 Å². The second kappa shape index (κ2) is 9.39. The number of carbonyl (C=O) groups is 1. The van der Waals surface area contributed by atoms with Crippen molar-refractivity contribution in [2.45, 2.75) is 39.8 Å². The maximum atomic E-state index is 13.8. The predicted octanol–water partition coefficient (Wildman–Crippen LogP) is 3.56. The summed E-state index contributed by atoms with van der Waals surface area (Å²) >= 11 is 0. The van der Waals surface area contributed by atoms with Crippen molar-refractivity contribution >= 4 is 22.3 Å². The number of carbonyl (C=O) groups excluding carboxylic acids is 1. The number of hydrogen-bond donors (Lipinski definition) is 1. The van der Waals surface area contributed by atoms with Gasteiger partial charge < -0.3 is 9.88 Å². The number of nitrogens with zero attached hydrogens (tertiary/aromatic N) is 6. The number of aromatic nitrogens is 6. The topological polar surface area (TPSA) is 99.1 Å². The molecule has 0 bridgehead atoms. The maximum Gasteiger partial charge on any atom is 0.260 e. The fourth-order valence-corrected chi connectivity index (χ4v) is 4.60. The van der Waals surface area contributed by atoms with Gasteiger partial charge in [-0.05, 0) is 51.3 Å². The Morgan fingerprint density at radius 3 is 2.68 bits per heavy atom. The molecule has 5 rings (SSSR count). The lowest BCUT2D eigenvalue weighted by Crippen LogP contribution is -2.33. The van der Waals surface area contributed by atoms with Crippen LogP contribution in [-0.2, 0) is 7.05 Å². The summed E-state index contributed by atoms with van der Waals surface area (Å²) in [6.07, 6.45) is 6.90. The van der Waals surface area contributed by atoms with Crippen molar-refractivity contribution in [3.05, 3.63) is 93.6 Å². The fraction of sp³-hybridized carbons (Fsp3) is 0.250. The van der Waals surface area contributed by atoms with Gasteiger partial charge in [-0.2, -0.15) is 10.2 Å².